The van der Waals surface area contributed by atoms with Gasteiger partial charge in [-0.15, -0.1) is 11.3 Å². The lowest BCUT2D eigenvalue weighted by Crippen LogP contribution is -2.40. The average Bonchev–Trinajstić information content (AvgIpc) is 3.17. The minimum atomic E-state index is 0.292. The normalized spacial score (nSPS) is 16.2. The fraction of sp³-hybridized carbons (Fsp3) is 0.400. The van der Waals surface area contributed by atoms with E-state index in [2.05, 4.69) is 20.4 Å². The molecule has 23 heavy (non-hydrogen) atoms. The van der Waals surface area contributed by atoms with Gasteiger partial charge in [0, 0.05) is 30.9 Å². The molecule has 1 saturated heterocycles. The number of H-pyrrole nitrogens is 1. The number of fused-ring (bicyclic) bond motifs is 1. The van der Waals surface area contributed by atoms with Crippen molar-refractivity contribution in [2.24, 2.45) is 5.73 Å². The van der Waals surface area contributed by atoms with Crippen LogP contribution in [0.2, 0.25) is 0 Å². The van der Waals surface area contributed by atoms with Gasteiger partial charge in [0.25, 0.3) is 0 Å². The maximum atomic E-state index is 5.99. The number of aromatic amines is 1. The van der Waals surface area contributed by atoms with E-state index in [1.165, 1.54) is 0 Å². The van der Waals surface area contributed by atoms with Gasteiger partial charge < -0.3 is 16.0 Å². The summed E-state index contributed by atoms with van der Waals surface area (Å²) in [5, 5.41) is 12.5. The predicted molar refractivity (Wildman–Crippen MR) is 93.4 cm³/mol. The van der Waals surface area contributed by atoms with E-state index in [4.69, 9.17) is 15.7 Å². The first-order valence-corrected chi connectivity index (χ1v) is 8.62. The van der Waals surface area contributed by atoms with E-state index in [1.807, 2.05) is 24.4 Å². The van der Waals surface area contributed by atoms with Crippen molar-refractivity contribution >= 4 is 39.1 Å². The van der Waals surface area contributed by atoms with Crippen molar-refractivity contribution in [2.45, 2.75) is 25.8 Å². The summed E-state index contributed by atoms with van der Waals surface area (Å²) in [5.74, 6) is 2.33. The third kappa shape index (κ3) is 2.87. The van der Waals surface area contributed by atoms with Gasteiger partial charge >= 0.3 is 0 Å². The lowest BCUT2D eigenvalue weighted by molar-refractivity contribution is 0.496. The number of nitrogens with zero attached hydrogens (tertiary/aromatic N) is 4. The molecule has 0 amide bonds. The number of nitrogens with one attached hydrogen (secondary N) is 2. The summed E-state index contributed by atoms with van der Waals surface area (Å²) in [6.07, 6.45) is 1.96. The monoisotopic (exact) mass is 329 g/mol. The number of aromatic nitrogens is 4. The van der Waals surface area contributed by atoms with Crippen LogP contribution in [0.15, 0.2) is 17.5 Å². The van der Waals surface area contributed by atoms with Crippen LogP contribution in [0, 0.1) is 6.92 Å². The van der Waals surface area contributed by atoms with Crippen molar-refractivity contribution in [2.75, 3.05) is 23.3 Å². The van der Waals surface area contributed by atoms with Crippen molar-refractivity contribution in [3.05, 3.63) is 23.2 Å². The Bertz CT molecular complexity index is 816. The molecule has 0 aromatic carbocycles. The van der Waals surface area contributed by atoms with Crippen molar-refractivity contribution in [1.82, 2.24) is 20.2 Å². The van der Waals surface area contributed by atoms with E-state index < -0.39 is 0 Å². The number of piperidine rings is 1. The summed E-state index contributed by atoms with van der Waals surface area (Å²) in [5.41, 5.74) is 7.96. The fourth-order valence-electron chi connectivity index (χ4n) is 2.78. The number of hydrogen-bond donors (Lipinski definition) is 3. The summed E-state index contributed by atoms with van der Waals surface area (Å²) in [4.78, 5) is 11.7. The predicted octanol–water partition coefficient (Wildman–Crippen LogP) is 2.39. The van der Waals surface area contributed by atoms with Crippen molar-refractivity contribution in [3.8, 4) is 0 Å². The third-order valence-electron chi connectivity index (χ3n) is 4.07. The number of nitrogens with two attached hydrogens (primary N) is 1. The Morgan fingerprint density at radius 3 is 2.91 bits per heavy atom. The SMILES string of the molecule is Cc1cc(Nc2nc(N3CCC(N)CC3)nc3ccsc23)n[nH]1. The molecule has 1 fully saturated rings. The smallest absolute Gasteiger partial charge is 0.227 e. The first-order chi connectivity index (χ1) is 11.2. The zero-order chi connectivity index (χ0) is 15.8. The molecule has 3 aromatic heterocycles. The molecule has 1 aliphatic heterocycles. The molecule has 0 aliphatic carbocycles. The summed E-state index contributed by atoms with van der Waals surface area (Å²) < 4.78 is 1.04. The highest BCUT2D eigenvalue weighted by Gasteiger charge is 2.20. The van der Waals surface area contributed by atoms with Crippen LogP contribution in [0.4, 0.5) is 17.6 Å². The highest BCUT2D eigenvalue weighted by atomic mass is 32.1. The lowest BCUT2D eigenvalue weighted by atomic mass is 10.1. The second-order valence-electron chi connectivity index (χ2n) is 5.89. The summed E-state index contributed by atoms with van der Waals surface area (Å²) in [6, 6.07) is 4.28. The maximum absolute atomic E-state index is 5.99. The summed E-state index contributed by atoms with van der Waals surface area (Å²) in [7, 11) is 0. The van der Waals surface area contributed by atoms with Gasteiger partial charge in [0.15, 0.2) is 11.6 Å². The Kier molecular flexibility index (Phi) is 3.62. The fourth-order valence-corrected chi connectivity index (χ4v) is 3.56. The van der Waals surface area contributed by atoms with Gasteiger partial charge in [-0.05, 0) is 31.2 Å². The number of aryl methyl sites for hydroxylation is 1. The van der Waals surface area contributed by atoms with Gasteiger partial charge in [-0.1, -0.05) is 0 Å². The van der Waals surface area contributed by atoms with Crippen molar-refractivity contribution in [1.29, 1.82) is 0 Å². The van der Waals surface area contributed by atoms with E-state index >= 15 is 0 Å². The molecule has 8 heteroatoms. The first kappa shape index (κ1) is 14.4. The van der Waals surface area contributed by atoms with Gasteiger partial charge in [0.05, 0.1) is 10.2 Å². The molecule has 0 bridgehead atoms. The number of anilines is 3. The van der Waals surface area contributed by atoms with Crippen LogP contribution in [0.25, 0.3) is 10.2 Å². The molecule has 4 heterocycles. The van der Waals surface area contributed by atoms with Crippen molar-refractivity contribution in [3.63, 3.8) is 0 Å². The number of hydrogen-bond acceptors (Lipinski definition) is 7. The van der Waals surface area contributed by atoms with Crippen LogP contribution in [0.5, 0.6) is 0 Å². The molecular formula is C15H19N7S. The summed E-state index contributed by atoms with van der Waals surface area (Å²) >= 11 is 1.63. The van der Waals surface area contributed by atoms with E-state index in [9.17, 15) is 0 Å². The maximum Gasteiger partial charge on any atom is 0.227 e. The molecule has 1 aliphatic rings. The molecule has 0 atom stereocenters. The van der Waals surface area contributed by atoms with E-state index in [-0.39, 0.29) is 0 Å². The highest BCUT2D eigenvalue weighted by molar-refractivity contribution is 7.17. The van der Waals surface area contributed by atoms with Crippen LogP contribution >= 0.6 is 11.3 Å². The first-order valence-electron chi connectivity index (χ1n) is 7.74. The number of thiophene rings is 1. The molecule has 7 nitrogen and oxygen atoms in total. The van der Waals surface area contributed by atoms with Crippen LogP contribution in [-0.4, -0.2) is 39.3 Å². The zero-order valence-corrected chi connectivity index (χ0v) is 13.7. The van der Waals surface area contributed by atoms with Crippen LogP contribution in [0.3, 0.4) is 0 Å². The minimum Gasteiger partial charge on any atom is -0.341 e. The quantitative estimate of drug-likeness (QED) is 0.683. The van der Waals surface area contributed by atoms with Gasteiger partial charge in [0.2, 0.25) is 5.95 Å². The second kappa shape index (κ2) is 5.78. The van der Waals surface area contributed by atoms with Gasteiger partial charge in [-0.2, -0.15) is 10.1 Å². The molecule has 4 rings (SSSR count). The van der Waals surface area contributed by atoms with Crippen LogP contribution in [0.1, 0.15) is 18.5 Å². The zero-order valence-electron chi connectivity index (χ0n) is 12.9. The van der Waals surface area contributed by atoms with E-state index in [1.54, 1.807) is 11.3 Å². The van der Waals surface area contributed by atoms with Crippen molar-refractivity contribution < 1.29 is 0 Å². The average molecular weight is 329 g/mol. The molecule has 0 radical (unpaired) electrons. The minimum absolute atomic E-state index is 0.292. The second-order valence-corrected chi connectivity index (χ2v) is 6.81. The molecule has 120 valence electrons. The Labute approximate surface area is 137 Å². The van der Waals surface area contributed by atoms with E-state index in [0.29, 0.717) is 6.04 Å². The summed E-state index contributed by atoms with van der Waals surface area (Å²) in [6.45, 7) is 3.77. The van der Waals surface area contributed by atoms with Crippen LogP contribution < -0.4 is 16.0 Å². The van der Waals surface area contributed by atoms with Gasteiger partial charge in [0.1, 0.15) is 0 Å². The molecule has 0 unspecified atom stereocenters. The largest absolute Gasteiger partial charge is 0.341 e. The molecule has 3 aromatic rings. The van der Waals surface area contributed by atoms with Gasteiger partial charge in [-0.25, -0.2) is 4.98 Å². The molecule has 4 N–H and O–H groups in total. The highest BCUT2D eigenvalue weighted by Crippen LogP contribution is 2.30. The molecule has 0 saturated carbocycles. The standard InChI is InChI=1S/C15H19N7S/c1-9-8-12(21-20-9)18-14-13-11(4-7-23-13)17-15(19-14)22-5-2-10(16)3-6-22/h4,7-8,10H,2-3,5-6,16H2,1H3,(H2,17,18,19,20,21). The Balaban J connectivity index is 1.69. The number of rotatable bonds is 3. The molecular weight excluding hydrogens is 310 g/mol. The Morgan fingerprint density at radius 2 is 2.17 bits per heavy atom. The van der Waals surface area contributed by atoms with E-state index in [0.717, 1.165) is 59.4 Å². The van der Waals surface area contributed by atoms with Crippen LogP contribution in [-0.2, 0) is 0 Å². The Morgan fingerprint density at radius 1 is 1.35 bits per heavy atom. The van der Waals surface area contributed by atoms with Gasteiger partial charge in [-0.3, -0.25) is 5.10 Å². The third-order valence-corrected chi connectivity index (χ3v) is 4.98. The lowest BCUT2D eigenvalue weighted by Gasteiger charge is -2.30. The molecule has 0 spiro atoms. The Hall–Kier alpha value is -2.19. The topological polar surface area (TPSA) is 95.8 Å².